The first kappa shape index (κ1) is 16.1. The topological polar surface area (TPSA) is 61.9 Å². The highest BCUT2D eigenvalue weighted by Crippen LogP contribution is 2.19. The zero-order chi connectivity index (χ0) is 16.4. The van der Waals surface area contributed by atoms with Gasteiger partial charge in [0.05, 0.1) is 16.3 Å². The molecular formula is C16H18ClFN4O. The van der Waals surface area contributed by atoms with E-state index in [1.165, 1.54) is 6.20 Å². The maximum Gasteiger partial charge on any atom is 0.255 e. The summed E-state index contributed by atoms with van der Waals surface area (Å²) in [7, 11) is 0. The Labute approximate surface area is 138 Å². The van der Waals surface area contributed by atoms with Gasteiger partial charge in [0, 0.05) is 44.2 Å². The van der Waals surface area contributed by atoms with E-state index in [0.29, 0.717) is 35.7 Å². The Morgan fingerprint density at radius 2 is 2.30 bits per heavy atom. The summed E-state index contributed by atoms with van der Waals surface area (Å²) < 4.78 is 13.8. The largest absolute Gasteiger partial charge is 0.310 e. The molecule has 0 amide bonds. The van der Waals surface area contributed by atoms with Gasteiger partial charge in [-0.15, -0.1) is 0 Å². The molecule has 3 rings (SSSR count). The average molecular weight is 337 g/mol. The first-order valence-corrected chi connectivity index (χ1v) is 8.08. The molecule has 0 spiro atoms. The van der Waals surface area contributed by atoms with Crippen molar-refractivity contribution in [3.05, 3.63) is 56.2 Å². The number of H-pyrrole nitrogens is 1. The number of pyridine rings is 1. The number of aryl methyl sites for hydroxylation is 1. The van der Waals surface area contributed by atoms with Crippen LogP contribution in [0, 0.1) is 5.95 Å². The third-order valence-electron chi connectivity index (χ3n) is 3.96. The molecule has 0 atom stereocenters. The van der Waals surface area contributed by atoms with Gasteiger partial charge < -0.3 is 4.98 Å². The molecule has 1 N–H and O–H groups in total. The van der Waals surface area contributed by atoms with Crippen molar-refractivity contribution < 1.29 is 4.39 Å². The van der Waals surface area contributed by atoms with Crippen LogP contribution in [0.5, 0.6) is 0 Å². The van der Waals surface area contributed by atoms with E-state index >= 15 is 0 Å². The Morgan fingerprint density at radius 3 is 3.09 bits per heavy atom. The van der Waals surface area contributed by atoms with Gasteiger partial charge in [0.1, 0.15) is 5.82 Å². The number of aromatic amines is 1. The number of hydrogen-bond donors (Lipinski definition) is 1. The van der Waals surface area contributed by atoms with Crippen molar-refractivity contribution in [3.63, 3.8) is 0 Å². The molecule has 0 bridgehead atoms. The first-order valence-electron chi connectivity index (χ1n) is 7.70. The normalized spacial score (nSPS) is 14.7. The quantitative estimate of drug-likeness (QED) is 0.871. The predicted octanol–water partition coefficient (Wildman–Crippen LogP) is 2.47. The third-order valence-corrected chi connectivity index (χ3v) is 4.16. The molecule has 1 aliphatic rings. The molecule has 0 radical (unpaired) electrons. The van der Waals surface area contributed by atoms with Gasteiger partial charge in [-0.25, -0.2) is 9.97 Å². The summed E-state index contributed by atoms with van der Waals surface area (Å²) in [5.41, 5.74) is 1.88. The molecule has 1 aliphatic heterocycles. The zero-order valence-electron chi connectivity index (χ0n) is 12.9. The van der Waals surface area contributed by atoms with E-state index in [-0.39, 0.29) is 5.56 Å². The van der Waals surface area contributed by atoms with Crippen LogP contribution in [0.1, 0.15) is 36.0 Å². The van der Waals surface area contributed by atoms with E-state index in [2.05, 4.69) is 21.9 Å². The van der Waals surface area contributed by atoms with Gasteiger partial charge in [-0.1, -0.05) is 18.5 Å². The van der Waals surface area contributed by atoms with E-state index in [1.54, 1.807) is 6.07 Å². The number of rotatable bonds is 4. The minimum Gasteiger partial charge on any atom is -0.310 e. The van der Waals surface area contributed by atoms with Crippen LogP contribution in [0.25, 0.3) is 0 Å². The van der Waals surface area contributed by atoms with Crippen molar-refractivity contribution in [2.24, 2.45) is 0 Å². The molecule has 0 fully saturated rings. The first-order chi connectivity index (χ1) is 11.1. The maximum absolute atomic E-state index is 13.8. The highest BCUT2D eigenvalue weighted by Gasteiger charge is 2.22. The lowest BCUT2D eigenvalue weighted by Crippen LogP contribution is -2.36. The minimum atomic E-state index is -0.523. The Kier molecular flexibility index (Phi) is 4.73. The highest BCUT2D eigenvalue weighted by molar-refractivity contribution is 6.30. The van der Waals surface area contributed by atoms with E-state index in [9.17, 15) is 9.18 Å². The van der Waals surface area contributed by atoms with Gasteiger partial charge in [0.2, 0.25) is 5.95 Å². The van der Waals surface area contributed by atoms with Crippen LogP contribution in [-0.4, -0.2) is 26.4 Å². The monoisotopic (exact) mass is 336 g/mol. The number of aromatic nitrogens is 3. The fourth-order valence-corrected chi connectivity index (χ4v) is 3.02. The molecule has 0 unspecified atom stereocenters. The Bertz CT molecular complexity index is 777. The number of hydrogen-bond acceptors (Lipinski definition) is 4. The van der Waals surface area contributed by atoms with Gasteiger partial charge in [-0.05, 0) is 12.5 Å². The van der Waals surface area contributed by atoms with Gasteiger partial charge in [0.25, 0.3) is 5.56 Å². The number of halogens is 2. The van der Waals surface area contributed by atoms with Crippen molar-refractivity contribution >= 4 is 11.6 Å². The van der Waals surface area contributed by atoms with Crippen molar-refractivity contribution in [1.29, 1.82) is 0 Å². The average Bonchev–Trinajstić information content (AvgIpc) is 2.52. The fraction of sp³-hybridized carbons (Fsp3) is 0.438. The van der Waals surface area contributed by atoms with Crippen molar-refractivity contribution in [2.45, 2.75) is 39.3 Å². The van der Waals surface area contributed by atoms with E-state index in [0.717, 1.165) is 30.9 Å². The van der Waals surface area contributed by atoms with Crippen LogP contribution in [0.3, 0.4) is 0 Å². The SMILES string of the molecule is CCCc1nc2c(c(=O)[nH]1)CN(Cc1cc(Cl)cnc1F)CC2. The summed E-state index contributed by atoms with van der Waals surface area (Å²) in [6.45, 7) is 3.60. The number of fused-ring (bicyclic) bond motifs is 1. The van der Waals surface area contributed by atoms with Crippen molar-refractivity contribution in [1.82, 2.24) is 19.9 Å². The molecule has 2 aromatic heterocycles. The molecule has 0 saturated heterocycles. The van der Waals surface area contributed by atoms with Gasteiger partial charge in [-0.2, -0.15) is 4.39 Å². The van der Waals surface area contributed by atoms with E-state index < -0.39 is 5.95 Å². The van der Waals surface area contributed by atoms with E-state index in [4.69, 9.17) is 11.6 Å². The lowest BCUT2D eigenvalue weighted by Gasteiger charge is -2.27. The Morgan fingerprint density at radius 1 is 1.48 bits per heavy atom. The van der Waals surface area contributed by atoms with Crippen LogP contribution >= 0.6 is 11.6 Å². The lowest BCUT2D eigenvalue weighted by molar-refractivity contribution is 0.237. The molecule has 3 heterocycles. The van der Waals surface area contributed by atoms with Crippen molar-refractivity contribution in [2.75, 3.05) is 6.54 Å². The third kappa shape index (κ3) is 3.59. The summed E-state index contributed by atoms with van der Waals surface area (Å²) >= 11 is 5.88. The fourth-order valence-electron chi connectivity index (χ4n) is 2.84. The summed E-state index contributed by atoms with van der Waals surface area (Å²) in [6, 6.07) is 1.58. The van der Waals surface area contributed by atoms with E-state index in [1.807, 2.05) is 4.90 Å². The molecule has 23 heavy (non-hydrogen) atoms. The van der Waals surface area contributed by atoms with Gasteiger partial charge in [0.15, 0.2) is 0 Å². The molecule has 0 aromatic carbocycles. The number of nitrogens with zero attached hydrogens (tertiary/aromatic N) is 3. The molecule has 122 valence electrons. The summed E-state index contributed by atoms with van der Waals surface area (Å²) in [5.74, 6) is 0.223. The second kappa shape index (κ2) is 6.76. The standard InChI is InChI=1S/C16H18ClFN4O/c1-2-3-14-20-13-4-5-22(9-12(13)16(23)21-14)8-10-6-11(17)7-19-15(10)18/h6-7H,2-5,8-9H2,1H3,(H,20,21,23). The molecular weight excluding hydrogens is 319 g/mol. The molecule has 5 nitrogen and oxygen atoms in total. The molecule has 2 aromatic rings. The summed E-state index contributed by atoms with van der Waals surface area (Å²) in [5, 5.41) is 0.405. The maximum atomic E-state index is 13.8. The predicted molar refractivity (Wildman–Crippen MR) is 85.9 cm³/mol. The van der Waals surface area contributed by atoms with Gasteiger partial charge >= 0.3 is 0 Å². The second-order valence-corrected chi connectivity index (χ2v) is 6.19. The smallest absolute Gasteiger partial charge is 0.255 e. The molecule has 0 aliphatic carbocycles. The van der Waals surface area contributed by atoms with Gasteiger partial charge in [-0.3, -0.25) is 9.69 Å². The van der Waals surface area contributed by atoms with Crippen molar-refractivity contribution in [3.8, 4) is 0 Å². The summed E-state index contributed by atoms with van der Waals surface area (Å²) in [4.78, 5) is 25.3. The second-order valence-electron chi connectivity index (χ2n) is 5.75. The minimum absolute atomic E-state index is 0.0900. The molecule has 0 saturated carbocycles. The zero-order valence-corrected chi connectivity index (χ0v) is 13.7. The summed E-state index contributed by atoms with van der Waals surface area (Å²) in [6.07, 6.45) is 3.68. The highest BCUT2D eigenvalue weighted by atomic mass is 35.5. The molecule has 7 heteroatoms. The Balaban J connectivity index is 1.80. The number of nitrogens with one attached hydrogen (secondary N) is 1. The Hall–Kier alpha value is -1.79. The van der Waals surface area contributed by atoms with Crippen LogP contribution in [0.15, 0.2) is 17.1 Å². The lowest BCUT2D eigenvalue weighted by atomic mass is 10.1. The van der Waals surface area contributed by atoms with Crippen LogP contribution in [0.2, 0.25) is 5.02 Å². The van der Waals surface area contributed by atoms with Crippen LogP contribution in [-0.2, 0) is 25.9 Å². The van der Waals surface area contributed by atoms with Crippen LogP contribution < -0.4 is 5.56 Å². The van der Waals surface area contributed by atoms with Crippen LogP contribution in [0.4, 0.5) is 4.39 Å².